The van der Waals surface area contributed by atoms with E-state index in [1.807, 2.05) is 0 Å². The van der Waals surface area contributed by atoms with E-state index in [-0.39, 0.29) is 11.9 Å². The van der Waals surface area contributed by atoms with Crippen molar-refractivity contribution in [2.45, 2.75) is 25.7 Å². The van der Waals surface area contributed by atoms with Crippen molar-refractivity contribution in [1.29, 1.82) is 0 Å². The van der Waals surface area contributed by atoms with Crippen molar-refractivity contribution in [2.75, 3.05) is 34.8 Å². The number of esters is 1. The molecule has 0 bridgehead atoms. The molecule has 0 atom stereocenters. The summed E-state index contributed by atoms with van der Waals surface area (Å²) in [6.45, 7) is 1.22. The van der Waals surface area contributed by atoms with Gasteiger partial charge in [0.1, 0.15) is 0 Å². The van der Waals surface area contributed by atoms with Crippen LogP contribution in [0.25, 0.3) is 0 Å². The Labute approximate surface area is 93.0 Å². The molecule has 0 spiro atoms. The van der Waals surface area contributed by atoms with Crippen molar-refractivity contribution in [3.63, 3.8) is 0 Å². The minimum atomic E-state index is -0.0151. The van der Waals surface area contributed by atoms with Crippen LogP contribution in [0.15, 0.2) is 0 Å². The van der Waals surface area contributed by atoms with Crippen molar-refractivity contribution in [3.05, 3.63) is 0 Å². The second kappa shape index (κ2) is 4.97. The molecule has 0 aromatic carbocycles. The predicted octanol–water partition coefficient (Wildman–Crippen LogP) is 1.67. The van der Waals surface area contributed by atoms with Crippen molar-refractivity contribution in [2.24, 2.45) is 11.8 Å². The molecule has 1 rings (SSSR count). The van der Waals surface area contributed by atoms with Gasteiger partial charge in [-0.15, -0.1) is 0 Å². The number of ether oxygens (including phenoxy) is 1. The van der Waals surface area contributed by atoms with E-state index >= 15 is 0 Å². The van der Waals surface area contributed by atoms with E-state index in [1.54, 1.807) is 0 Å². The van der Waals surface area contributed by atoms with Crippen molar-refractivity contribution >= 4 is 5.97 Å². The summed E-state index contributed by atoms with van der Waals surface area (Å²) in [6.07, 6.45) is 4.37. The van der Waals surface area contributed by atoms with Crippen LogP contribution < -0.4 is 0 Å². The second-order valence-corrected chi connectivity index (χ2v) is 5.71. The molecular weight excluding hydrogens is 190 g/mol. The van der Waals surface area contributed by atoms with Gasteiger partial charge < -0.3 is 9.22 Å². The summed E-state index contributed by atoms with van der Waals surface area (Å²) < 4.78 is 5.80. The van der Waals surface area contributed by atoms with Gasteiger partial charge in [-0.3, -0.25) is 4.79 Å². The Bertz CT molecular complexity index is 212. The third kappa shape index (κ3) is 4.20. The number of rotatable bonds is 3. The molecule has 0 saturated heterocycles. The van der Waals surface area contributed by atoms with E-state index in [0.29, 0.717) is 0 Å². The Morgan fingerprint density at radius 3 is 2.13 bits per heavy atom. The van der Waals surface area contributed by atoms with E-state index in [2.05, 4.69) is 21.1 Å². The molecule has 0 aliphatic heterocycles. The maximum absolute atomic E-state index is 11.3. The fraction of sp³-hybridized carbons (Fsp3) is 0.917. The Kier molecular flexibility index (Phi) is 4.14. The lowest BCUT2D eigenvalue weighted by Gasteiger charge is -2.33. The zero-order chi connectivity index (χ0) is 11.5. The van der Waals surface area contributed by atoms with Crippen LogP contribution in [0.2, 0.25) is 0 Å². The minimum Gasteiger partial charge on any atom is -0.469 e. The molecule has 0 aromatic rings. The number of quaternary nitrogens is 1. The van der Waals surface area contributed by atoms with Gasteiger partial charge in [0.2, 0.25) is 0 Å². The first-order valence-corrected chi connectivity index (χ1v) is 5.80. The second-order valence-electron chi connectivity index (χ2n) is 5.71. The summed E-state index contributed by atoms with van der Waals surface area (Å²) in [5.41, 5.74) is 0. The van der Waals surface area contributed by atoms with E-state index in [9.17, 15) is 4.79 Å². The summed E-state index contributed by atoms with van der Waals surface area (Å²) in [4.78, 5) is 11.3. The first-order valence-electron chi connectivity index (χ1n) is 5.80. The normalized spacial score (nSPS) is 27.5. The minimum absolute atomic E-state index is 0.0151. The predicted molar refractivity (Wildman–Crippen MR) is 60.4 cm³/mol. The van der Waals surface area contributed by atoms with E-state index < -0.39 is 0 Å². The van der Waals surface area contributed by atoms with Crippen molar-refractivity contribution in [3.8, 4) is 0 Å². The van der Waals surface area contributed by atoms with Gasteiger partial charge in [-0.2, -0.15) is 0 Å². The van der Waals surface area contributed by atoms with Crippen LogP contribution in [0.1, 0.15) is 25.7 Å². The molecule has 1 aliphatic rings. The Balaban J connectivity index is 2.33. The highest BCUT2D eigenvalue weighted by molar-refractivity contribution is 5.72. The quantitative estimate of drug-likeness (QED) is 0.528. The molecule has 88 valence electrons. The molecule has 0 heterocycles. The molecule has 15 heavy (non-hydrogen) atoms. The Morgan fingerprint density at radius 2 is 1.73 bits per heavy atom. The van der Waals surface area contributed by atoms with Gasteiger partial charge in [0.15, 0.2) is 0 Å². The molecule has 1 saturated carbocycles. The zero-order valence-electron chi connectivity index (χ0n) is 10.5. The van der Waals surface area contributed by atoms with Crippen LogP contribution in [-0.4, -0.2) is 45.2 Å². The lowest BCUT2D eigenvalue weighted by Crippen LogP contribution is -2.40. The molecular formula is C12H24NO2+. The first kappa shape index (κ1) is 12.5. The SMILES string of the molecule is COC(=O)C1CCC(C[N+](C)(C)C)CC1. The molecule has 0 aromatic heterocycles. The molecule has 0 radical (unpaired) electrons. The summed E-state index contributed by atoms with van der Waals surface area (Å²) in [5, 5.41) is 0. The van der Waals surface area contributed by atoms with Gasteiger partial charge >= 0.3 is 5.97 Å². The van der Waals surface area contributed by atoms with Crippen LogP contribution in [-0.2, 0) is 9.53 Å². The number of carbonyl (C=O) groups is 1. The van der Waals surface area contributed by atoms with Gasteiger partial charge in [-0.25, -0.2) is 0 Å². The smallest absolute Gasteiger partial charge is 0.308 e. The third-order valence-electron chi connectivity index (χ3n) is 3.19. The number of carbonyl (C=O) groups excluding carboxylic acids is 1. The topological polar surface area (TPSA) is 26.3 Å². The van der Waals surface area contributed by atoms with Gasteiger partial charge in [0.05, 0.1) is 40.7 Å². The number of hydrogen-bond donors (Lipinski definition) is 0. The largest absolute Gasteiger partial charge is 0.469 e. The van der Waals surface area contributed by atoms with E-state index in [0.717, 1.165) is 23.2 Å². The summed E-state index contributed by atoms with van der Waals surface area (Å²) in [6, 6.07) is 0. The Morgan fingerprint density at radius 1 is 1.20 bits per heavy atom. The monoisotopic (exact) mass is 214 g/mol. The highest BCUT2D eigenvalue weighted by Crippen LogP contribution is 2.30. The zero-order valence-corrected chi connectivity index (χ0v) is 10.5. The van der Waals surface area contributed by atoms with Gasteiger partial charge in [0, 0.05) is 5.92 Å². The van der Waals surface area contributed by atoms with E-state index in [4.69, 9.17) is 4.74 Å². The maximum atomic E-state index is 11.3. The first-order chi connectivity index (χ1) is 6.92. The molecule has 0 N–H and O–H groups in total. The number of nitrogens with zero attached hydrogens (tertiary/aromatic N) is 1. The van der Waals surface area contributed by atoms with Gasteiger partial charge in [-0.05, 0) is 25.7 Å². The molecule has 3 nitrogen and oxygen atoms in total. The fourth-order valence-electron chi connectivity index (χ4n) is 2.52. The fourth-order valence-corrected chi connectivity index (χ4v) is 2.52. The standard InChI is InChI=1S/C12H24NO2/c1-13(2,3)9-10-5-7-11(8-6-10)12(14)15-4/h10-11H,5-9H2,1-4H3/q+1. The maximum Gasteiger partial charge on any atom is 0.308 e. The van der Waals surface area contributed by atoms with Gasteiger partial charge in [-0.1, -0.05) is 0 Å². The molecule has 0 amide bonds. The Hall–Kier alpha value is -0.570. The van der Waals surface area contributed by atoms with Crippen LogP contribution in [0.4, 0.5) is 0 Å². The average Bonchev–Trinajstić information content (AvgIpc) is 2.15. The summed E-state index contributed by atoms with van der Waals surface area (Å²) in [7, 11) is 8.17. The highest BCUT2D eigenvalue weighted by Gasteiger charge is 2.29. The van der Waals surface area contributed by atoms with E-state index in [1.165, 1.54) is 26.5 Å². The van der Waals surface area contributed by atoms with Crippen LogP contribution in [0.3, 0.4) is 0 Å². The number of methoxy groups -OCH3 is 1. The van der Waals surface area contributed by atoms with Crippen LogP contribution in [0.5, 0.6) is 0 Å². The number of hydrogen-bond acceptors (Lipinski definition) is 2. The molecule has 0 unspecified atom stereocenters. The molecule has 1 aliphatic carbocycles. The van der Waals surface area contributed by atoms with Crippen molar-refractivity contribution in [1.82, 2.24) is 0 Å². The lowest BCUT2D eigenvalue weighted by atomic mass is 9.81. The van der Waals surface area contributed by atoms with Crippen LogP contribution in [0, 0.1) is 11.8 Å². The molecule has 1 fully saturated rings. The van der Waals surface area contributed by atoms with Crippen molar-refractivity contribution < 1.29 is 14.0 Å². The van der Waals surface area contributed by atoms with Crippen LogP contribution >= 0.6 is 0 Å². The summed E-state index contributed by atoms with van der Waals surface area (Å²) >= 11 is 0. The average molecular weight is 214 g/mol. The third-order valence-corrected chi connectivity index (χ3v) is 3.19. The molecule has 3 heteroatoms. The lowest BCUT2D eigenvalue weighted by molar-refractivity contribution is -0.874. The van der Waals surface area contributed by atoms with Gasteiger partial charge in [0.25, 0.3) is 0 Å². The highest BCUT2D eigenvalue weighted by atomic mass is 16.5. The summed E-state index contributed by atoms with van der Waals surface area (Å²) in [5.74, 6) is 0.934.